The predicted octanol–water partition coefficient (Wildman–Crippen LogP) is 5.13. The van der Waals surface area contributed by atoms with Gasteiger partial charge in [-0.05, 0) is 58.2 Å². The lowest BCUT2D eigenvalue weighted by molar-refractivity contribution is 0.0950. The molecule has 0 saturated carbocycles. The van der Waals surface area contributed by atoms with Gasteiger partial charge in [0.05, 0.1) is 18.2 Å². The first-order chi connectivity index (χ1) is 13.6. The van der Waals surface area contributed by atoms with Gasteiger partial charge in [-0.1, -0.05) is 32.1 Å². The number of ether oxygens (including phenoxy) is 3. The molecule has 5 nitrogen and oxygen atoms in total. The molecule has 0 saturated heterocycles. The van der Waals surface area contributed by atoms with Gasteiger partial charge < -0.3 is 19.5 Å². The van der Waals surface area contributed by atoms with E-state index in [1.165, 1.54) is 0 Å². The number of nitrogens with one attached hydrogen (secondary N) is 1. The summed E-state index contributed by atoms with van der Waals surface area (Å²) in [5.74, 6) is 1.87. The minimum absolute atomic E-state index is 0.168. The number of hydrogen-bond acceptors (Lipinski definition) is 4. The molecular weight excluding hydrogens is 422 g/mol. The Morgan fingerprint density at radius 1 is 1.14 bits per heavy atom. The fourth-order valence-corrected chi connectivity index (χ4v) is 2.95. The van der Waals surface area contributed by atoms with E-state index in [1.54, 1.807) is 31.4 Å². The minimum Gasteiger partial charge on any atom is -0.493 e. The van der Waals surface area contributed by atoms with Gasteiger partial charge in [-0.15, -0.1) is 0 Å². The van der Waals surface area contributed by atoms with Crippen LogP contribution in [-0.2, 0) is 6.54 Å². The van der Waals surface area contributed by atoms with E-state index in [1.807, 2.05) is 18.2 Å². The van der Waals surface area contributed by atoms with Crippen LogP contribution in [-0.4, -0.2) is 26.2 Å². The first kappa shape index (κ1) is 21.8. The van der Waals surface area contributed by atoms with Gasteiger partial charge in [0, 0.05) is 12.1 Å². The first-order valence-electron chi connectivity index (χ1n) is 9.20. The normalized spacial score (nSPS) is 10.2. The van der Waals surface area contributed by atoms with E-state index in [0.29, 0.717) is 42.6 Å². The van der Waals surface area contributed by atoms with Crippen LogP contribution in [0.1, 0.15) is 35.7 Å². The molecule has 0 bridgehead atoms. The molecule has 0 fully saturated rings. The Morgan fingerprint density at radius 3 is 2.61 bits per heavy atom. The maximum atomic E-state index is 12.4. The first-order valence-corrected chi connectivity index (χ1v) is 9.99. The van der Waals surface area contributed by atoms with Crippen LogP contribution in [0.3, 0.4) is 0 Å². The molecule has 0 aromatic heterocycles. The summed E-state index contributed by atoms with van der Waals surface area (Å²) < 4.78 is 17.4. The Balaban J connectivity index is 1.98. The summed E-state index contributed by atoms with van der Waals surface area (Å²) in [6, 6.07) is 10.9. The molecule has 0 aliphatic heterocycles. The van der Waals surface area contributed by atoms with Crippen LogP contribution in [0.2, 0.25) is 0 Å². The number of amides is 1. The molecule has 0 heterocycles. The zero-order valence-corrected chi connectivity index (χ0v) is 17.9. The maximum absolute atomic E-state index is 12.4. The van der Waals surface area contributed by atoms with Crippen molar-refractivity contribution in [2.24, 2.45) is 0 Å². The molecule has 0 unspecified atom stereocenters. The monoisotopic (exact) mass is 447 g/mol. The summed E-state index contributed by atoms with van der Waals surface area (Å²) in [6.07, 6.45) is 3.74. The lowest BCUT2D eigenvalue weighted by Gasteiger charge is -2.13. The van der Waals surface area contributed by atoms with Crippen LogP contribution < -0.4 is 19.5 Å². The van der Waals surface area contributed by atoms with Gasteiger partial charge >= 0.3 is 0 Å². The number of unbranched alkanes of at least 4 members (excludes halogenated alkanes) is 1. The summed E-state index contributed by atoms with van der Waals surface area (Å²) in [7, 11) is 1.61. The molecule has 6 heteroatoms. The van der Waals surface area contributed by atoms with E-state index in [-0.39, 0.29) is 5.91 Å². The summed E-state index contributed by atoms with van der Waals surface area (Å²) in [6.45, 7) is 7.19. The standard InChI is InChI=1S/C22H26BrNO4/c1-4-6-12-28-20-9-7-16(13-21(20)26-3)15-24-22(25)17-8-10-19(18(23)14-17)27-11-5-2/h5,7-10,13-14H,2,4,6,11-12,15H2,1,3H3,(H,24,25). The minimum atomic E-state index is -0.168. The zero-order chi connectivity index (χ0) is 20.4. The van der Waals surface area contributed by atoms with Crippen LogP contribution in [0.25, 0.3) is 0 Å². The van der Waals surface area contributed by atoms with E-state index in [9.17, 15) is 4.79 Å². The van der Waals surface area contributed by atoms with Gasteiger partial charge in [-0.2, -0.15) is 0 Å². The average Bonchev–Trinajstić information content (AvgIpc) is 2.71. The molecule has 2 rings (SSSR count). The highest BCUT2D eigenvalue weighted by molar-refractivity contribution is 9.10. The van der Waals surface area contributed by atoms with Gasteiger partial charge in [0.25, 0.3) is 5.91 Å². The van der Waals surface area contributed by atoms with E-state index >= 15 is 0 Å². The van der Waals surface area contributed by atoms with Gasteiger partial charge in [0.15, 0.2) is 11.5 Å². The molecule has 0 atom stereocenters. The van der Waals surface area contributed by atoms with Crippen molar-refractivity contribution in [2.45, 2.75) is 26.3 Å². The lowest BCUT2D eigenvalue weighted by atomic mass is 10.1. The number of carbonyl (C=O) groups is 1. The third-order valence-electron chi connectivity index (χ3n) is 3.99. The Kier molecular flexibility index (Phi) is 8.88. The third-order valence-corrected chi connectivity index (χ3v) is 4.61. The van der Waals surface area contributed by atoms with Crippen LogP contribution >= 0.6 is 15.9 Å². The van der Waals surface area contributed by atoms with Crippen LogP contribution in [0.15, 0.2) is 53.5 Å². The molecule has 0 radical (unpaired) electrons. The predicted molar refractivity (Wildman–Crippen MR) is 114 cm³/mol. The summed E-state index contributed by atoms with van der Waals surface area (Å²) >= 11 is 3.42. The Bertz CT molecular complexity index is 807. The summed E-state index contributed by atoms with van der Waals surface area (Å²) in [4.78, 5) is 12.4. The fraction of sp³-hybridized carbons (Fsp3) is 0.318. The van der Waals surface area contributed by atoms with Gasteiger partial charge in [0.1, 0.15) is 12.4 Å². The highest BCUT2D eigenvalue weighted by Gasteiger charge is 2.11. The van der Waals surface area contributed by atoms with Crippen LogP contribution in [0.4, 0.5) is 0 Å². The highest BCUT2D eigenvalue weighted by atomic mass is 79.9. The van der Waals surface area contributed by atoms with E-state index in [4.69, 9.17) is 14.2 Å². The number of halogens is 1. The second-order valence-corrected chi connectivity index (χ2v) is 6.97. The lowest BCUT2D eigenvalue weighted by Crippen LogP contribution is -2.22. The molecule has 2 aromatic rings. The fourth-order valence-electron chi connectivity index (χ4n) is 2.46. The van der Waals surface area contributed by atoms with E-state index < -0.39 is 0 Å². The van der Waals surface area contributed by atoms with Crippen molar-refractivity contribution in [3.63, 3.8) is 0 Å². The molecule has 28 heavy (non-hydrogen) atoms. The second kappa shape index (κ2) is 11.4. The van der Waals surface area contributed by atoms with Crippen molar-refractivity contribution < 1.29 is 19.0 Å². The van der Waals surface area contributed by atoms with Gasteiger partial charge in [0.2, 0.25) is 0 Å². The molecule has 1 N–H and O–H groups in total. The van der Waals surface area contributed by atoms with E-state index in [2.05, 4.69) is 34.7 Å². The number of benzene rings is 2. The van der Waals surface area contributed by atoms with E-state index in [0.717, 1.165) is 22.9 Å². The van der Waals surface area contributed by atoms with Crippen molar-refractivity contribution in [2.75, 3.05) is 20.3 Å². The second-order valence-electron chi connectivity index (χ2n) is 6.11. The Morgan fingerprint density at radius 2 is 1.93 bits per heavy atom. The Hall–Kier alpha value is -2.47. The van der Waals surface area contributed by atoms with Gasteiger partial charge in [-0.25, -0.2) is 0 Å². The maximum Gasteiger partial charge on any atom is 0.251 e. The number of methoxy groups -OCH3 is 1. The summed E-state index contributed by atoms with van der Waals surface area (Å²) in [5, 5.41) is 2.92. The molecular formula is C22H26BrNO4. The number of carbonyl (C=O) groups excluding carboxylic acids is 1. The van der Waals surface area contributed by atoms with Crippen molar-refractivity contribution in [1.29, 1.82) is 0 Å². The van der Waals surface area contributed by atoms with Crippen LogP contribution in [0.5, 0.6) is 17.2 Å². The third kappa shape index (κ3) is 6.30. The van der Waals surface area contributed by atoms with Crippen molar-refractivity contribution in [1.82, 2.24) is 5.32 Å². The molecule has 1 amide bonds. The highest BCUT2D eigenvalue weighted by Crippen LogP contribution is 2.29. The topological polar surface area (TPSA) is 56.8 Å². The Labute approximate surface area is 174 Å². The molecule has 0 aliphatic rings. The smallest absolute Gasteiger partial charge is 0.251 e. The molecule has 2 aromatic carbocycles. The molecule has 0 aliphatic carbocycles. The van der Waals surface area contributed by atoms with Crippen molar-refractivity contribution >= 4 is 21.8 Å². The molecule has 150 valence electrons. The largest absolute Gasteiger partial charge is 0.493 e. The van der Waals surface area contributed by atoms with Crippen molar-refractivity contribution in [3.05, 3.63) is 64.7 Å². The van der Waals surface area contributed by atoms with Gasteiger partial charge in [-0.3, -0.25) is 4.79 Å². The summed E-state index contributed by atoms with van der Waals surface area (Å²) in [5.41, 5.74) is 1.47. The number of rotatable bonds is 11. The molecule has 0 spiro atoms. The zero-order valence-electron chi connectivity index (χ0n) is 16.3. The number of hydrogen-bond donors (Lipinski definition) is 1. The van der Waals surface area contributed by atoms with Crippen molar-refractivity contribution in [3.8, 4) is 17.2 Å². The van der Waals surface area contributed by atoms with Crippen LogP contribution in [0, 0.1) is 0 Å². The average molecular weight is 448 g/mol. The SMILES string of the molecule is C=CCOc1ccc(C(=O)NCc2ccc(OCCCC)c(OC)c2)cc1Br. The quantitative estimate of drug-likeness (QED) is 0.383.